The van der Waals surface area contributed by atoms with Gasteiger partial charge in [0.25, 0.3) is 5.69 Å². The predicted octanol–water partition coefficient (Wildman–Crippen LogP) is 2.65. The van der Waals surface area contributed by atoms with Gasteiger partial charge in [0.15, 0.2) is 5.76 Å². The molecule has 1 aromatic heterocycles. The minimum absolute atomic E-state index is 0.0324. The maximum Gasteiger partial charge on any atom is 0.307 e. The van der Waals surface area contributed by atoms with E-state index < -0.39 is 10.8 Å². The summed E-state index contributed by atoms with van der Waals surface area (Å²) >= 11 is 0. The van der Waals surface area contributed by atoms with Crippen LogP contribution in [0.2, 0.25) is 0 Å². The molecule has 0 saturated heterocycles. The largest absolute Gasteiger partial charge is 0.456 e. The summed E-state index contributed by atoms with van der Waals surface area (Å²) in [6.45, 7) is 3.38. The van der Waals surface area contributed by atoms with Gasteiger partial charge in [0.05, 0.1) is 10.6 Å². The average Bonchev–Trinajstić information content (AvgIpc) is 2.91. The van der Waals surface area contributed by atoms with Gasteiger partial charge in [-0.3, -0.25) is 14.9 Å². The van der Waals surface area contributed by atoms with Crippen LogP contribution in [0.25, 0.3) is 0 Å². The van der Waals surface area contributed by atoms with Crippen molar-refractivity contribution in [1.29, 1.82) is 0 Å². The molecule has 2 rings (SSSR count). The first-order valence-electron chi connectivity index (χ1n) is 6.13. The average molecular weight is 287 g/mol. The molecule has 0 aliphatic carbocycles. The third kappa shape index (κ3) is 3.53. The van der Waals surface area contributed by atoms with Crippen LogP contribution in [0.15, 0.2) is 45.9 Å². The Morgan fingerprint density at radius 1 is 1.33 bits per heavy atom. The monoisotopic (exact) mass is 287 g/mol. The molecule has 1 aromatic carbocycles. The van der Waals surface area contributed by atoms with Gasteiger partial charge in [0.2, 0.25) is 0 Å². The molecule has 0 unspecified atom stereocenters. The Morgan fingerprint density at radius 2 is 2.10 bits per heavy atom. The smallest absolute Gasteiger partial charge is 0.307 e. The molecular weight excluding hydrogens is 274 g/mol. The van der Waals surface area contributed by atoms with Crippen molar-refractivity contribution < 1.29 is 14.1 Å². The standard InChI is InChI=1S/C14H13N3O4/c1-9-6-7-13(21-9)14(18)16-15-10(2)11-4-3-5-12(8-11)17(19)20/h3-8H,1-2H3,(H,16,18)/b15-10+. The fourth-order valence-electron chi connectivity index (χ4n) is 1.66. The summed E-state index contributed by atoms with van der Waals surface area (Å²) in [4.78, 5) is 22.0. The number of aryl methyl sites for hydroxylation is 1. The van der Waals surface area contributed by atoms with Gasteiger partial charge in [-0.25, -0.2) is 5.43 Å². The highest BCUT2D eigenvalue weighted by atomic mass is 16.6. The molecule has 0 aliphatic rings. The number of non-ortho nitro benzene ring substituents is 1. The number of benzene rings is 1. The van der Waals surface area contributed by atoms with Crippen LogP contribution in [0.4, 0.5) is 5.69 Å². The molecule has 7 nitrogen and oxygen atoms in total. The summed E-state index contributed by atoms with van der Waals surface area (Å²) in [5.41, 5.74) is 3.32. The Balaban J connectivity index is 2.12. The van der Waals surface area contributed by atoms with Crippen LogP contribution in [0.3, 0.4) is 0 Å². The molecule has 1 amide bonds. The number of nitrogens with zero attached hydrogens (tertiary/aromatic N) is 2. The number of nitro benzene ring substituents is 1. The summed E-state index contributed by atoms with van der Waals surface area (Å²) in [5, 5.41) is 14.6. The van der Waals surface area contributed by atoms with E-state index in [1.807, 2.05) is 0 Å². The maximum atomic E-state index is 11.7. The van der Waals surface area contributed by atoms with Crippen molar-refractivity contribution in [1.82, 2.24) is 5.43 Å². The molecule has 108 valence electrons. The number of nitro groups is 1. The third-order valence-corrected chi connectivity index (χ3v) is 2.76. The lowest BCUT2D eigenvalue weighted by molar-refractivity contribution is -0.384. The Morgan fingerprint density at radius 3 is 2.71 bits per heavy atom. The second-order valence-corrected chi connectivity index (χ2v) is 4.36. The highest BCUT2D eigenvalue weighted by Gasteiger charge is 2.10. The summed E-state index contributed by atoms with van der Waals surface area (Å²) in [5.74, 6) is 0.301. The van der Waals surface area contributed by atoms with Crippen molar-refractivity contribution in [3.8, 4) is 0 Å². The van der Waals surface area contributed by atoms with Crippen molar-refractivity contribution >= 4 is 17.3 Å². The number of hydrazone groups is 1. The summed E-state index contributed by atoms with van der Waals surface area (Å²) in [7, 11) is 0. The van der Waals surface area contributed by atoms with Crippen molar-refractivity contribution in [3.63, 3.8) is 0 Å². The van der Waals surface area contributed by atoms with Gasteiger partial charge in [0.1, 0.15) is 5.76 Å². The zero-order chi connectivity index (χ0) is 15.4. The maximum absolute atomic E-state index is 11.7. The number of amides is 1. The van der Waals surface area contributed by atoms with E-state index in [1.54, 1.807) is 38.1 Å². The molecule has 2 aromatic rings. The lowest BCUT2D eigenvalue weighted by Crippen LogP contribution is -2.18. The second kappa shape index (κ2) is 6.00. The second-order valence-electron chi connectivity index (χ2n) is 4.36. The van der Waals surface area contributed by atoms with Gasteiger partial charge in [0, 0.05) is 17.7 Å². The van der Waals surface area contributed by atoms with Crippen molar-refractivity contribution in [2.24, 2.45) is 5.10 Å². The van der Waals surface area contributed by atoms with E-state index in [4.69, 9.17) is 4.42 Å². The molecule has 1 heterocycles. The minimum Gasteiger partial charge on any atom is -0.456 e. The van der Waals surface area contributed by atoms with Crippen molar-refractivity contribution in [2.75, 3.05) is 0 Å². The predicted molar refractivity (Wildman–Crippen MR) is 76.2 cm³/mol. The van der Waals surface area contributed by atoms with Gasteiger partial charge < -0.3 is 4.42 Å². The number of rotatable bonds is 4. The summed E-state index contributed by atoms with van der Waals surface area (Å²) < 4.78 is 5.16. The molecule has 21 heavy (non-hydrogen) atoms. The van der Waals surface area contributed by atoms with E-state index in [9.17, 15) is 14.9 Å². The van der Waals surface area contributed by atoms with Crippen LogP contribution in [0.1, 0.15) is 28.8 Å². The van der Waals surface area contributed by atoms with E-state index in [0.29, 0.717) is 17.0 Å². The van der Waals surface area contributed by atoms with Gasteiger partial charge >= 0.3 is 5.91 Å². The number of hydrogen-bond donors (Lipinski definition) is 1. The third-order valence-electron chi connectivity index (χ3n) is 2.76. The van der Waals surface area contributed by atoms with Gasteiger partial charge in [-0.15, -0.1) is 0 Å². The van der Waals surface area contributed by atoms with Gasteiger partial charge in [-0.05, 0) is 26.0 Å². The normalized spacial score (nSPS) is 11.2. The van der Waals surface area contributed by atoms with Crippen LogP contribution in [0.5, 0.6) is 0 Å². The number of hydrogen-bond acceptors (Lipinski definition) is 5. The molecule has 0 aliphatic heterocycles. The highest BCUT2D eigenvalue weighted by molar-refractivity contribution is 6.00. The van der Waals surface area contributed by atoms with Gasteiger partial charge in [-0.2, -0.15) is 5.10 Å². The van der Waals surface area contributed by atoms with E-state index >= 15 is 0 Å². The first kappa shape index (κ1) is 14.4. The quantitative estimate of drug-likeness (QED) is 0.531. The SMILES string of the molecule is C/C(=N\NC(=O)c1ccc(C)o1)c1cccc([N+](=O)[O-])c1. The number of nitrogens with one attached hydrogen (secondary N) is 1. The van der Waals surface area contributed by atoms with Crippen LogP contribution >= 0.6 is 0 Å². The lowest BCUT2D eigenvalue weighted by Gasteiger charge is -2.01. The molecular formula is C14H13N3O4. The van der Waals surface area contributed by atoms with Crippen LogP contribution in [-0.4, -0.2) is 16.5 Å². The molecule has 0 fully saturated rings. The van der Waals surface area contributed by atoms with Crippen LogP contribution in [-0.2, 0) is 0 Å². The van der Waals surface area contributed by atoms with Crippen molar-refractivity contribution in [3.05, 3.63) is 63.6 Å². The molecule has 0 bridgehead atoms. The number of carbonyl (C=O) groups excluding carboxylic acids is 1. The molecule has 1 N–H and O–H groups in total. The van der Waals surface area contributed by atoms with E-state index in [2.05, 4.69) is 10.5 Å². The minimum atomic E-state index is -0.485. The van der Waals surface area contributed by atoms with E-state index in [-0.39, 0.29) is 11.4 Å². The molecule has 0 spiro atoms. The molecule has 0 radical (unpaired) electrons. The summed E-state index contributed by atoms with van der Waals surface area (Å²) in [6.07, 6.45) is 0. The van der Waals surface area contributed by atoms with E-state index in [0.717, 1.165) is 0 Å². The van der Waals surface area contributed by atoms with Crippen LogP contribution < -0.4 is 5.43 Å². The molecule has 0 saturated carbocycles. The fraction of sp³-hybridized carbons (Fsp3) is 0.143. The number of carbonyl (C=O) groups is 1. The fourth-order valence-corrected chi connectivity index (χ4v) is 1.66. The van der Waals surface area contributed by atoms with Crippen LogP contribution in [0, 0.1) is 17.0 Å². The van der Waals surface area contributed by atoms with Gasteiger partial charge in [-0.1, -0.05) is 12.1 Å². The van der Waals surface area contributed by atoms with E-state index in [1.165, 1.54) is 12.1 Å². The first-order valence-corrected chi connectivity index (χ1v) is 6.13. The lowest BCUT2D eigenvalue weighted by atomic mass is 10.1. The Kier molecular flexibility index (Phi) is 4.13. The first-order chi connectivity index (χ1) is 9.97. The Bertz CT molecular complexity index is 719. The number of furan rings is 1. The molecule has 0 atom stereocenters. The highest BCUT2D eigenvalue weighted by Crippen LogP contribution is 2.13. The summed E-state index contributed by atoms with van der Waals surface area (Å²) in [6, 6.07) is 9.23. The zero-order valence-corrected chi connectivity index (χ0v) is 11.5. The Hall–Kier alpha value is -2.96. The Labute approximate surface area is 120 Å². The zero-order valence-electron chi connectivity index (χ0n) is 11.5. The van der Waals surface area contributed by atoms with Crippen molar-refractivity contribution in [2.45, 2.75) is 13.8 Å². The topological polar surface area (TPSA) is 97.7 Å². The molecule has 7 heteroatoms.